The fraction of sp³-hybridized carbons (Fsp3) is 0.317. The standard InChI is InChI=1S/2C21H20BrN5O2.2C20H17BrFN5O2/c1-13-2-4-17(27-24-6-7-25-27)16(8-13)21(28)26-12-14-9-18(26)19(10-14)29-20-5-3-15(22)11-23-20;1-13-2-4-16(17(8-13)27-24-6-7-25-27)21(28)26-12-14-9-18(26)19(10-14)29-20-5-3-15(22)11-23-20;21-13-4-5-18(23-10-13)29-17-9-12-8-16(17)26(11-12)20(28)19-14(22)2-1-3-15(19)27-24-6-7-25-27;21-13-4-5-18(23-10-13)29-17-9-12-8-16(17)26(11-12)20(28)14-2-1-3-15(22)19(14)27-24-6-7-25-27/h2*2-8,11,14,18-19H,9-10,12H2,1H3;2*1-7,10,12,16-17H,8-9,11H2. The van der Waals surface area contributed by atoms with Gasteiger partial charge in [0.15, 0.2) is 5.82 Å². The lowest BCUT2D eigenvalue weighted by atomic mass is 10.0. The number of aromatic nitrogens is 16. The van der Waals surface area contributed by atoms with Gasteiger partial charge in [-0.2, -0.15) is 55.2 Å². The summed E-state index contributed by atoms with van der Waals surface area (Å²) >= 11 is 13.5. The number of carbonyl (C=O) groups is 4. The summed E-state index contributed by atoms with van der Waals surface area (Å²) in [5.41, 5.74) is 5.34. The summed E-state index contributed by atoms with van der Waals surface area (Å²) in [6.45, 7) is 6.73. The third-order valence-corrected chi connectivity index (χ3v) is 24.2. The largest absolute Gasteiger partial charge is 0.472 e. The van der Waals surface area contributed by atoms with Crippen LogP contribution in [0.15, 0.2) is 214 Å². The number of likely N-dealkylation sites (tertiary alicyclic amines) is 4. The molecular weight excluding hydrogens is 1750 g/mol. The van der Waals surface area contributed by atoms with E-state index in [1.165, 1.54) is 57.4 Å². The van der Waals surface area contributed by atoms with Gasteiger partial charge in [0.2, 0.25) is 23.5 Å². The van der Waals surface area contributed by atoms with E-state index in [4.69, 9.17) is 18.9 Å². The van der Waals surface area contributed by atoms with Crippen LogP contribution in [-0.2, 0) is 0 Å². The van der Waals surface area contributed by atoms with Gasteiger partial charge in [-0.1, -0.05) is 29.8 Å². The van der Waals surface area contributed by atoms with E-state index in [2.05, 4.69) is 124 Å². The van der Waals surface area contributed by atoms with Crippen LogP contribution in [0.2, 0.25) is 0 Å². The number of carbonyl (C=O) groups excluding carboxylic acids is 4. The summed E-state index contributed by atoms with van der Waals surface area (Å²) < 4.78 is 57.2. The highest BCUT2D eigenvalue weighted by Gasteiger charge is 2.53. The molecule has 8 aliphatic rings. The van der Waals surface area contributed by atoms with Gasteiger partial charge in [-0.25, -0.2) is 28.7 Å². The quantitative estimate of drug-likeness (QED) is 0.0868. The summed E-state index contributed by atoms with van der Waals surface area (Å²) in [6, 6.07) is 35.2. The fourth-order valence-electron chi connectivity index (χ4n) is 17.4. The Morgan fingerprint density at radius 3 is 1.09 bits per heavy atom. The van der Waals surface area contributed by atoms with Crippen molar-refractivity contribution in [2.75, 3.05) is 26.2 Å². The van der Waals surface area contributed by atoms with E-state index < -0.39 is 11.6 Å². The van der Waals surface area contributed by atoms with Crippen LogP contribution in [0.25, 0.3) is 22.7 Å². The Morgan fingerprint density at radius 1 is 0.345 bits per heavy atom. The average Bonchev–Trinajstić information content (AvgIpc) is 1.60. The molecule has 4 aliphatic carbocycles. The lowest BCUT2D eigenvalue weighted by Gasteiger charge is -2.33. The van der Waals surface area contributed by atoms with Crippen molar-refractivity contribution in [1.82, 2.24) is 99.5 Å². The van der Waals surface area contributed by atoms with Gasteiger partial charge in [-0.15, -0.1) is 4.80 Å². The van der Waals surface area contributed by atoms with Crippen LogP contribution in [0.3, 0.4) is 0 Å². The van der Waals surface area contributed by atoms with Crippen molar-refractivity contribution in [3.63, 3.8) is 0 Å². The maximum Gasteiger partial charge on any atom is 0.259 e. The van der Waals surface area contributed by atoms with E-state index in [0.29, 0.717) is 88.5 Å². The Bertz CT molecular complexity index is 5400. The molecule has 4 aliphatic heterocycles. The van der Waals surface area contributed by atoms with Gasteiger partial charge in [0.05, 0.1) is 102 Å². The van der Waals surface area contributed by atoms with Crippen molar-refractivity contribution < 1.29 is 46.9 Å². The first kappa shape index (κ1) is 77.5. The molecule has 12 aromatic rings. The zero-order valence-corrected chi connectivity index (χ0v) is 68.7. The minimum atomic E-state index is -0.584. The summed E-state index contributed by atoms with van der Waals surface area (Å²) in [5, 5.41) is 33.0. The number of aryl methyl sites for hydroxylation is 2. The highest BCUT2D eigenvalue weighted by molar-refractivity contribution is 9.11. The number of nitrogens with zero attached hydrogens (tertiary/aromatic N) is 20. The zero-order chi connectivity index (χ0) is 79.8. The molecule has 4 amide bonds. The first-order valence-electron chi connectivity index (χ1n) is 38.0. The summed E-state index contributed by atoms with van der Waals surface area (Å²) in [7, 11) is 0. The maximum absolute atomic E-state index is 14.7. The van der Waals surface area contributed by atoms with E-state index in [0.717, 1.165) is 98.3 Å². The molecule has 12 atom stereocenters. The topological polar surface area (TPSA) is 293 Å². The number of ether oxygens (including phenoxy) is 4. The van der Waals surface area contributed by atoms with Crippen molar-refractivity contribution >= 4 is 87.3 Å². The van der Waals surface area contributed by atoms with E-state index in [1.807, 2.05) is 96.4 Å². The molecule has 4 aromatic carbocycles. The van der Waals surface area contributed by atoms with Crippen molar-refractivity contribution in [2.24, 2.45) is 23.7 Å². The van der Waals surface area contributed by atoms with E-state index >= 15 is 0 Å². The lowest BCUT2D eigenvalue weighted by molar-refractivity contribution is 0.0460. The average molecular weight is 1830 g/mol. The number of benzene rings is 4. The number of rotatable bonds is 16. The molecule has 0 spiro atoms. The number of para-hydroxylation sites is 1. The third kappa shape index (κ3) is 16.4. The molecule has 8 fully saturated rings. The predicted octanol–water partition coefficient (Wildman–Crippen LogP) is 13.3. The van der Waals surface area contributed by atoms with Gasteiger partial charge >= 0.3 is 0 Å². The number of hydrogen-bond acceptors (Lipinski definition) is 20. The molecule has 116 heavy (non-hydrogen) atoms. The minimum absolute atomic E-state index is 0.00173. The first-order chi connectivity index (χ1) is 56.4. The third-order valence-electron chi connectivity index (χ3n) is 22.3. The number of amides is 4. The molecule has 28 nitrogen and oxygen atoms in total. The maximum atomic E-state index is 14.7. The van der Waals surface area contributed by atoms with Crippen LogP contribution in [0, 0.1) is 49.2 Å². The number of halogens is 6. The van der Waals surface area contributed by atoms with Crippen LogP contribution in [0.5, 0.6) is 23.5 Å². The van der Waals surface area contributed by atoms with Crippen molar-refractivity contribution in [1.29, 1.82) is 0 Å². The van der Waals surface area contributed by atoms with Crippen molar-refractivity contribution in [2.45, 2.75) is 114 Å². The Balaban J connectivity index is 0.000000111. The molecule has 20 rings (SSSR count). The monoisotopic (exact) mass is 1820 g/mol. The molecule has 0 N–H and O–H groups in total. The van der Waals surface area contributed by atoms with Crippen LogP contribution in [-0.4, -0.2) is 198 Å². The molecule has 12 unspecified atom stereocenters. The number of pyridine rings is 4. The normalized spacial score (nSPS) is 22.8. The SMILES string of the molecule is Cc1ccc(-n2nccn2)c(C(=O)N2CC3CC(Oc4ccc(Br)cn4)C2C3)c1.Cc1ccc(C(=O)N2CC3CC(Oc4ccc(Br)cn4)C2C3)c(-n2nccn2)c1.O=C(c1c(F)cccc1-n1nccn1)N1CC2CC(Oc3ccc(Br)cn3)C1C2.O=C(c1cccc(F)c1-n1nccn1)N1CC2CC(Oc3ccc(Br)cn3)C1C2. The molecule has 8 aromatic heterocycles. The Kier molecular flexibility index (Phi) is 22.5. The van der Waals surface area contributed by atoms with Gasteiger partial charge in [-0.05, 0) is 231 Å². The molecule has 4 saturated carbocycles. The summed E-state index contributed by atoms with van der Waals surface area (Å²) in [5.74, 6) is 2.14. The van der Waals surface area contributed by atoms with Gasteiger partial charge in [0.1, 0.15) is 47.2 Å². The van der Waals surface area contributed by atoms with Gasteiger partial charge in [0.25, 0.3) is 23.6 Å². The molecule has 4 saturated heterocycles. The Labute approximate surface area is 697 Å². The Morgan fingerprint density at radius 2 is 0.690 bits per heavy atom. The molecule has 0 radical (unpaired) electrons. The molecular formula is C82H74Br4F2N20O8. The second-order valence-corrected chi connectivity index (χ2v) is 33.6. The van der Waals surface area contributed by atoms with Gasteiger partial charge in [0, 0.05) is 93.1 Å². The predicted molar refractivity (Wildman–Crippen MR) is 430 cm³/mol. The van der Waals surface area contributed by atoms with Crippen molar-refractivity contribution in [3.8, 4) is 46.3 Å². The van der Waals surface area contributed by atoms with Gasteiger partial charge < -0.3 is 38.5 Å². The van der Waals surface area contributed by atoms with E-state index in [9.17, 15) is 28.0 Å². The highest BCUT2D eigenvalue weighted by Crippen LogP contribution is 2.46. The number of hydrogen-bond donors (Lipinski definition) is 0. The highest BCUT2D eigenvalue weighted by atomic mass is 79.9. The van der Waals surface area contributed by atoms with Crippen LogP contribution in [0.4, 0.5) is 8.78 Å². The van der Waals surface area contributed by atoms with Gasteiger partial charge in [-0.3, -0.25) is 19.2 Å². The zero-order valence-electron chi connectivity index (χ0n) is 62.4. The summed E-state index contributed by atoms with van der Waals surface area (Å²) in [6.07, 6.45) is 26.1. The first-order valence-corrected chi connectivity index (χ1v) is 41.2. The number of piperidine rings is 4. The Hall–Kier alpha value is -11.1. The summed E-state index contributed by atoms with van der Waals surface area (Å²) in [4.78, 5) is 83.8. The second-order valence-electron chi connectivity index (χ2n) is 29.9. The van der Waals surface area contributed by atoms with Crippen LogP contribution >= 0.6 is 63.7 Å². The molecule has 34 heteroatoms. The lowest BCUT2D eigenvalue weighted by Crippen LogP contribution is -2.47. The number of fused-ring (bicyclic) bond motifs is 8. The van der Waals surface area contributed by atoms with E-state index in [-0.39, 0.29) is 89.0 Å². The van der Waals surface area contributed by atoms with Crippen molar-refractivity contribution in [3.05, 3.63) is 259 Å². The molecule has 8 bridgehead atoms. The molecule has 12 heterocycles. The van der Waals surface area contributed by atoms with Crippen LogP contribution in [0.1, 0.15) is 104 Å². The smallest absolute Gasteiger partial charge is 0.259 e. The second kappa shape index (κ2) is 33.6. The molecule has 592 valence electrons. The van der Waals surface area contributed by atoms with Crippen LogP contribution < -0.4 is 18.9 Å². The fourth-order valence-corrected chi connectivity index (χ4v) is 18.3. The van der Waals surface area contributed by atoms with E-state index in [1.54, 1.807) is 89.7 Å². The minimum Gasteiger partial charge on any atom is -0.472 e.